The van der Waals surface area contributed by atoms with Gasteiger partial charge in [0.15, 0.2) is 5.76 Å². The molecule has 0 atom stereocenters. The minimum Gasteiger partial charge on any atom is -0.459 e. The van der Waals surface area contributed by atoms with Crippen LogP contribution in [0.1, 0.15) is 22.0 Å². The van der Waals surface area contributed by atoms with Crippen LogP contribution < -0.4 is 5.32 Å². The fraction of sp³-hybridized carbons (Fsp3) is 0. The average Bonchev–Trinajstić information content (AvgIpc) is 3.40. The molecule has 1 N–H and O–H groups in total. The molecule has 27 heavy (non-hydrogen) atoms. The molecule has 2 aromatic heterocycles. The van der Waals surface area contributed by atoms with E-state index in [2.05, 4.69) is 15.5 Å². The summed E-state index contributed by atoms with van der Waals surface area (Å²) in [6.07, 6.45) is 5.13. The summed E-state index contributed by atoms with van der Waals surface area (Å²) >= 11 is 0. The molecular formula is C21H15N3O3. The zero-order chi connectivity index (χ0) is 18.5. The van der Waals surface area contributed by atoms with Crippen LogP contribution in [0, 0.1) is 0 Å². The summed E-state index contributed by atoms with van der Waals surface area (Å²) in [6.45, 7) is 0. The molecule has 4 aromatic rings. The average molecular weight is 357 g/mol. The number of carbonyl (C=O) groups excluding carboxylic acids is 1. The minimum absolute atomic E-state index is 0.257. The fourth-order valence-corrected chi connectivity index (χ4v) is 2.45. The van der Waals surface area contributed by atoms with Crippen LogP contribution in [-0.2, 0) is 0 Å². The predicted octanol–water partition coefficient (Wildman–Crippen LogP) is 4.75. The second-order valence-electron chi connectivity index (χ2n) is 5.71. The molecule has 2 aromatic carbocycles. The van der Waals surface area contributed by atoms with Gasteiger partial charge >= 0.3 is 0 Å². The predicted molar refractivity (Wildman–Crippen MR) is 102 cm³/mol. The second kappa shape index (κ2) is 7.53. The van der Waals surface area contributed by atoms with Crippen LogP contribution in [0.5, 0.6) is 0 Å². The topological polar surface area (TPSA) is 81.2 Å². The summed E-state index contributed by atoms with van der Waals surface area (Å²) in [4.78, 5) is 16.3. The Hall–Kier alpha value is -3.93. The molecule has 0 fully saturated rings. The van der Waals surface area contributed by atoms with Crippen molar-refractivity contribution in [2.24, 2.45) is 0 Å². The molecule has 0 saturated heterocycles. The third-order valence-electron chi connectivity index (χ3n) is 3.81. The number of nitrogens with one attached hydrogen (secondary N) is 1. The molecule has 6 nitrogen and oxygen atoms in total. The van der Waals surface area contributed by atoms with Crippen LogP contribution >= 0.6 is 0 Å². The van der Waals surface area contributed by atoms with Gasteiger partial charge in [0.2, 0.25) is 5.82 Å². The maximum absolute atomic E-state index is 12.0. The van der Waals surface area contributed by atoms with E-state index in [1.807, 2.05) is 48.5 Å². The van der Waals surface area contributed by atoms with Gasteiger partial charge in [-0.15, -0.1) is 0 Å². The van der Waals surface area contributed by atoms with Gasteiger partial charge in [-0.2, -0.15) is 4.98 Å². The standard InChI is InChI=1S/C21H15N3O3/c25-21(18-7-4-14-26-18)22-17-11-9-16(10-12-17)20-23-19(27-24-20)13-8-15-5-2-1-3-6-15/h1-14H,(H,22,25)/b13-8+. The molecule has 1 amide bonds. The number of nitrogens with zero attached hydrogens (tertiary/aromatic N) is 2. The lowest BCUT2D eigenvalue weighted by Gasteiger charge is -2.03. The molecule has 2 heterocycles. The van der Waals surface area contributed by atoms with Crippen molar-refractivity contribution < 1.29 is 13.7 Å². The Bertz CT molecular complexity index is 1050. The Balaban J connectivity index is 1.44. The molecule has 0 unspecified atom stereocenters. The third-order valence-corrected chi connectivity index (χ3v) is 3.81. The van der Waals surface area contributed by atoms with Crippen LogP contribution in [0.3, 0.4) is 0 Å². The number of benzene rings is 2. The molecule has 0 saturated carbocycles. The van der Waals surface area contributed by atoms with E-state index in [0.29, 0.717) is 17.4 Å². The molecule has 132 valence electrons. The number of hydrogen-bond acceptors (Lipinski definition) is 5. The van der Waals surface area contributed by atoms with Crippen molar-refractivity contribution in [2.45, 2.75) is 0 Å². The number of amides is 1. The van der Waals surface area contributed by atoms with E-state index in [0.717, 1.165) is 11.1 Å². The highest BCUT2D eigenvalue weighted by Crippen LogP contribution is 2.20. The van der Waals surface area contributed by atoms with Gasteiger partial charge in [0, 0.05) is 17.3 Å². The SMILES string of the molecule is O=C(Nc1ccc(-c2noc(/C=C/c3ccccc3)n2)cc1)c1ccco1. The fourth-order valence-electron chi connectivity index (χ4n) is 2.45. The van der Waals surface area contributed by atoms with Gasteiger partial charge in [-0.1, -0.05) is 35.5 Å². The molecule has 0 aliphatic heterocycles. The molecular weight excluding hydrogens is 342 g/mol. The van der Waals surface area contributed by atoms with E-state index < -0.39 is 0 Å². The first-order valence-electron chi connectivity index (χ1n) is 8.30. The monoisotopic (exact) mass is 357 g/mol. The molecule has 0 aliphatic rings. The van der Waals surface area contributed by atoms with Crippen LogP contribution in [0.25, 0.3) is 23.5 Å². The number of furan rings is 1. The van der Waals surface area contributed by atoms with Crippen molar-refractivity contribution in [3.8, 4) is 11.4 Å². The number of hydrogen-bond donors (Lipinski definition) is 1. The molecule has 6 heteroatoms. The highest BCUT2D eigenvalue weighted by Gasteiger charge is 2.10. The first kappa shape index (κ1) is 16.5. The van der Waals surface area contributed by atoms with Gasteiger partial charge in [-0.05, 0) is 48.0 Å². The van der Waals surface area contributed by atoms with Gasteiger partial charge in [-0.25, -0.2) is 0 Å². The number of rotatable bonds is 5. The zero-order valence-corrected chi connectivity index (χ0v) is 14.2. The largest absolute Gasteiger partial charge is 0.459 e. The number of aromatic nitrogens is 2. The van der Waals surface area contributed by atoms with Crippen LogP contribution in [0.2, 0.25) is 0 Å². The van der Waals surface area contributed by atoms with E-state index >= 15 is 0 Å². The summed E-state index contributed by atoms with van der Waals surface area (Å²) in [7, 11) is 0. The highest BCUT2D eigenvalue weighted by molar-refractivity contribution is 6.02. The van der Waals surface area contributed by atoms with E-state index in [4.69, 9.17) is 8.94 Å². The van der Waals surface area contributed by atoms with Gasteiger partial charge in [0.25, 0.3) is 11.8 Å². The van der Waals surface area contributed by atoms with Crippen LogP contribution in [0.15, 0.2) is 81.9 Å². The number of anilines is 1. The smallest absolute Gasteiger partial charge is 0.291 e. The van der Waals surface area contributed by atoms with Crippen molar-refractivity contribution in [3.05, 3.63) is 90.2 Å². The molecule has 0 aliphatic carbocycles. The summed E-state index contributed by atoms with van der Waals surface area (Å²) < 4.78 is 10.3. The Morgan fingerprint density at radius 2 is 1.74 bits per heavy atom. The summed E-state index contributed by atoms with van der Waals surface area (Å²) in [5, 5.41) is 6.75. The molecule has 0 bridgehead atoms. The van der Waals surface area contributed by atoms with E-state index in [1.165, 1.54) is 6.26 Å². The number of carbonyl (C=O) groups is 1. The highest BCUT2D eigenvalue weighted by atomic mass is 16.5. The second-order valence-corrected chi connectivity index (χ2v) is 5.71. The summed E-state index contributed by atoms with van der Waals surface area (Å²) in [5.41, 5.74) is 2.48. The lowest BCUT2D eigenvalue weighted by Crippen LogP contribution is -2.10. The molecule has 0 radical (unpaired) electrons. The van der Waals surface area contributed by atoms with Gasteiger partial charge in [0.05, 0.1) is 6.26 Å². The summed E-state index contributed by atoms with van der Waals surface area (Å²) in [5.74, 6) is 0.850. The summed E-state index contributed by atoms with van der Waals surface area (Å²) in [6, 6.07) is 20.3. The zero-order valence-electron chi connectivity index (χ0n) is 14.2. The van der Waals surface area contributed by atoms with Crippen molar-refractivity contribution in [1.29, 1.82) is 0 Å². The Kier molecular flexibility index (Phi) is 4.61. The minimum atomic E-state index is -0.305. The lowest BCUT2D eigenvalue weighted by atomic mass is 10.2. The van der Waals surface area contributed by atoms with Crippen molar-refractivity contribution in [3.63, 3.8) is 0 Å². The van der Waals surface area contributed by atoms with Crippen molar-refractivity contribution in [2.75, 3.05) is 5.32 Å². The Labute approximate surface area is 155 Å². The van der Waals surface area contributed by atoms with Gasteiger partial charge in [0.1, 0.15) is 0 Å². The molecule has 0 spiro atoms. The normalized spacial score (nSPS) is 11.0. The van der Waals surface area contributed by atoms with E-state index in [1.54, 1.807) is 30.3 Å². The Morgan fingerprint density at radius 3 is 2.48 bits per heavy atom. The Morgan fingerprint density at radius 1 is 0.926 bits per heavy atom. The van der Waals surface area contributed by atoms with Crippen LogP contribution in [-0.4, -0.2) is 16.0 Å². The lowest BCUT2D eigenvalue weighted by molar-refractivity contribution is 0.0996. The van der Waals surface area contributed by atoms with Crippen LogP contribution in [0.4, 0.5) is 5.69 Å². The van der Waals surface area contributed by atoms with Crippen molar-refractivity contribution >= 4 is 23.7 Å². The maximum Gasteiger partial charge on any atom is 0.291 e. The maximum atomic E-state index is 12.0. The first-order chi connectivity index (χ1) is 13.3. The quantitative estimate of drug-likeness (QED) is 0.557. The van der Waals surface area contributed by atoms with E-state index in [9.17, 15) is 4.79 Å². The van der Waals surface area contributed by atoms with Gasteiger partial charge < -0.3 is 14.3 Å². The van der Waals surface area contributed by atoms with Gasteiger partial charge in [-0.3, -0.25) is 4.79 Å². The molecule has 4 rings (SSSR count). The van der Waals surface area contributed by atoms with E-state index in [-0.39, 0.29) is 11.7 Å². The van der Waals surface area contributed by atoms with Crippen molar-refractivity contribution in [1.82, 2.24) is 10.1 Å². The first-order valence-corrected chi connectivity index (χ1v) is 8.30. The third kappa shape index (κ3) is 4.01.